The molecular weight excluding hydrogens is 338 g/mol. The minimum atomic E-state index is -0.566. The third kappa shape index (κ3) is 3.53. The molecule has 0 amide bonds. The van der Waals surface area contributed by atoms with Gasteiger partial charge in [0.15, 0.2) is 5.78 Å². The van der Waals surface area contributed by atoms with Gasteiger partial charge in [0, 0.05) is 10.6 Å². The number of rotatable bonds is 6. The lowest BCUT2D eigenvalue weighted by atomic mass is 10.0. The fourth-order valence-electron chi connectivity index (χ4n) is 1.97. The first-order valence-electron chi connectivity index (χ1n) is 6.72. The molecule has 1 N–H and O–H groups in total. The molecule has 0 saturated heterocycles. The summed E-state index contributed by atoms with van der Waals surface area (Å²) in [6, 6.07) is 9.23. The number of ketones is 1. The standard InChI is InChI=1S/C16H14ClNO2S2/c1-2-7-21-16-12(8-18)14(15(22-16)13(20)9-19)10-3-5-11(17)6-4-10/h3-6,19H,2,7,9H2,1H3. The molecule has 22 heavy (non-hydrogen) atoms. The van der Waals surface area contributed by atoms with Crippen LogP contribution in [0, 0.1) is 11.3 Å². The Bertz CT molecular complexity index is 717. The summed E-state index contributed by atoms with van der Waals surface area (Å²) in [5.74, 6) is 0.511. The van der Waals surface area contributed by atoms with Crippen LogP contribution in [-0.4, -0.2) is 23.2 Å². The van der Waals surface area contributed by atoms with Gasteiger partial charge >= 0.3 is 0 Å². The number of nitriles is 1. The van der Waals surface area contributed by atoms with Gasteiger partial charge in [0.05, 0.1) is 14.6 Å². The van der Waals surface area contributed by atoms with Crippen LogP contribution in [0.1, 0.15) is 28.6 Å². The number of hydrogen-bond donors (Lipinski definition) is 1. The van der Waals surface area contributed by atoms with Crippen LogP contribution >= 0.6 is 34.7 Å². The number of carbonyl (C=O) groups is 1. The minimum Gasteiger partial charge on any atom is -0.388 e. The number of thioether (sulfide) groups is 1. The van der Waals surface area contributed by atoms with E-state index in [9.17, 15) is 15.2 Å². The van der Waals surface area contributed by atoms with E-state index in [1.54, 1.807) is 36.0 Å². The van der Waals surface area contributed by atoms with Crippen LogP contribution in [0.2, 0.25) is 5.02 Å². The molecule has 0 fully saturated rings. The van der Waals surface area contributed by atoms with E-state index < -0.39 is 6.61 Å². The molecule has 114 valence electrons. The largest absolute Gasteiger partial charge is 0.388 e. The molecule has 3 nitrogen and oxygen atoms in total. The van der Waals surface area contributed by atoms with E-state index in [4.69, 9.17) is 11.6 Å². The molecule has 1 aromatic carbocycles. The lowest BCUT2D eigenvalue weighted by Gasteiger charge is -2.04. The van der Waals surface area contributed by atoms with Crippen molar-refractivity contribution in [1.82, 2.24) is 0 Å². The van der Waals surface area contributed by atoms with Crippen LogP contribution in [0.4, 0.5) is 0 Å². The van der Waals surface area contributed by atoms with Gasteiger partial charge in [-0.15, -0.1) is 23.1 Å². The van der Waals surface area contributed by atoms with Gasteiger partial charge in [-0.1, -0.05) is 30.7 Å². The van der Waals surface area contributed by atoms with Gasteiger partial charge in [-0.3, -0.25) is 4.79 Å². The highest BCUT2D eigenvalue weighted by molar-refractivity contribution is 8.01. The van der Waals surface area contributed by atoms with E-state index in [0.717, 1.165) is 21.9 Å². The third-order valence-corrected chi connectivity index (χ3v) is 5.91. The Morgan fingerprint density at radius 3 is 2.64 bits per heavy atom. The van der Waals surface area contributed by atoms with E-state index >= 15 is 0 Å². The van der Waals surface area contributed by atoms with Gasteiger partial charge in [-0.2, -0.15) is 5.26 Å². The first-order chi connectivity index (χ1) is 10.6. The maximum atomic E-state index is 12.0. The average Bonchev–Trinajstić information content (AvgIpc) is 2.91. The second-order valence-corrected chi connectivity index (χ2v) is 7.34. The first kappa shape index (κ1) is 17.0. The number of carbonyl (C=O) groups excluding carboxylic acids is 1. The van der Waals surface area contributed by atoms with E-state index in [1.807, 2.05) is 0 Å². The summed E-state index contributed by atoms with van der Waals surface area (Å²) in [6.45, 7) is 1.50. The molecule has 0 saturated carbocycles. The summed E-state index contributed by atoms with van der Waals surface area (Å²) in [4.78, 5) is 12.5. The molecule has 0 unspecified atom stereocenters. The van der Waals surface area contributed by atoms with Crippen molar-refractivity contribution >= 4 is 40.5 Å². The fraction of sp³-hybridized carbons (Fsp3) is 0.250. The molecule has 0 aliphatic carbocycles. The number of aliphatic hydroxyl groups excluding tert-OH is 1. The van der Waals surface area contributed by atoms with Gasteiger partial charge < -0.3 is 5.11 Å². The fourth-order valence-corrected chi connectivity index (χ4v) is 4.45. The van der Waals surface area contributed by atoms with Gasteiger partial charge in [-0.05, 0) is 29.9 Å². The van der Waals surface area contributed by atoms with Gasteiger partial charge in [0.25, 0.3) is 0 Å². The summed E-state index contributed by atoms with van der Waals surface area (Å²) in [7, 11) is 0. The first-order valence-corrected chi connectivity index (χ1v) is 8.90. The maximum Gasteiger partial charge on any atom is 0.198 e. The maximum absolute atomic E-state index is 12.0. The zero-order chi connectivity index (χ0) is 16.1. The van der Waals surface area contributed by atoms with Crippen LogP contribution < -0.4 is 0 Å². The molecule has 2 rings (SSSR count). The molecule has 0 spiro atoms. The zero-order valence-electron chi connectivity index (χ0n) is 11.9. The van der Waals surface area contributed by atoms with Crippen molar-refractivity contribution in [1.29, 1.82) is 5.26 Å². The zero-order valence-corrected chi connectivity index (χ0v) is 14.3. The van der Waals surface area contributed by atoms with Crippen LogP contribution in [0.3, 0.4) is 0 Å². The number of hydrogen-bond acceptors (Lipinski definition) is 5. The molecule has 2 aromatic rings. The second-order valence-electron chi connectivity index (χ2n) is 4.52. The van der Waals surface area contributed by atoms with E-state index in [0.29, 0.717) is 21.0 Å². The Labute approximate surface area is 142 Å². The summed E-state index contributed by atoms with van der Waals surface area (Å²) >= 11 is 8.75. The van der Waals surface area contributed by atoms with Gasteiger partial charge in [0.1, 0.15) is 12.7 Å². The molecule has 0 aliphatic heterocycles. The van der Waals surface area contributed by atoms with Crippen molar-refractivity contribution in [2.24, 2.45) is 0 Å². The Hall–Kier alpha value is -1.32. The Morgan fingerprint density at radius 2 is 2.09 bits per heavy atom. The van der Waals surface area contributed by atoms with E-state index in [1.165, 1.54) is 11.3 Å². The van der Waals surface area contributed by atoms with E-state index in [2.05, 4.69) is 13.0 Å². The normalized spacial score (nSPS) is 10.5. The monoisotopic (exact) mass is 351 g/mol. The number of Topliss-reactive ketones (excluding diaryl/α,β-unsaturated/α-hetero) is 1. The summed E-state index contributed by atoms with van der Waals surface area (Å²) in [5.41, 5.74) is 1.86. The summed E-state index contributed by atoms with van der Waals surface area (Å²) < 4.78 is 0.825. The minimum absolute atomic E-state index is 0.366. The molecule has 0 radical (unpaired) electrons. The summed E-state index contributed by atoms with van der Waals surface area (Å²) in [5, 5.41) is 19.3. The van der Waals surface area contributed by atoms with Crippen LogP contribution in [-0.2, 0) is 0 Å². The number of thiophene rings is 1. The highest BCUT2D eigenvalue weighted by atomic mass is 35.5. The van der Waals surface area contributed by atoms with Crippen molar-refractivity contribution in [2.75, 3.05) is 12.4 Å². The quantitative estimate of drug-likeness (QED) is 0.609. The van der Waals surface area contributed by atoms with Crippen LogP contribution in [0.15, 0.2) is 28.5 Å². The highest BCUT2D eigenvalue weighted by Gasteiger charge is 2.23. The highest BCUT2D eigenvalue weighted by Crippen LogP contribution is 2.42. The van der Waals surface area contributed by atoms with Crippen molar-refractivity contribution < 1.29 is 9.90 Å². The van der Waals surface area contributed by atoms with Crippen molar-refractivity contribution in [3.05, 3.63) is 39.7 Å². The Balaban J connectivity index is 2.62. The van der Waals surface area contributed by atoms with Gasteiger partial charge in [-0.25, -0.2) is 0 Å². The molecule has 1 aromatic heterocycles. The lowest BCUT2D eigenvalue weighted by molar-refractivity contribution is 0.0908. The van der Waals surface area contributed by atoms with Crippen molar-refractivity contribution in [3.8, 4) is 17.2 Å². The smallest absolute Gasteiger partial charge is 0.198 e. The van der Waals surface area contributed by atoms with Crippen molar-refractivity contribution in [2.45, 2.75) is 17.6 Å². The molecule has 0 atom stereocenters. The number of aliphatic hydroxyl groups is 1. The predicted molar refractivity (Wildman–Crippen MR) is 91.9 cm³/mol. The van der Waals surface area contributed by atoms with Gasteiger partial charge in [0.2, 0.25) is 0 Å². The second kappa shape index (κ2) is 7.80. The lowest BCUT2D eigenvalue weighted by Crippen LogP contribution is -2.03. The molecule has 0 bridgehead atoms. The molecule has 6 heteroatoms. The van der Waals surface area contributed by atoms with Crippen LogP contribution in [0.5, 0.6) is 0 Å². The SMILES string of the molecule is CCCSc1sc(C(=O)CO)c(-c2ccc(Cl)cc2)c1C#N. The molecule has 1 heterocycles. The number of benzene rings is 1. The Morgan fingerprint density at radius 1 is 1.41 bits per heavy atom. The van der Waals surface area contributed by atoms with E-state index in [-0.39, 0.29) is 5.78 Å². The summed E-state index contributed by atoms with van der Waals surface area (Å²) in [6.07, 6.45) is 0.979. The Kier molecular flexibility index (Phi) is 6.04. The third-order valence-electron chi connectivity index (χ3n) is 2.95. The predicted octanol–water partition coefficient (Wildman–Crippen LogP) is 4.62. The van der Waals surface area contributed by atoms with Crippen LogP contribution in [0.25, 0.3) is 11.1 Å². The topological polar surface area (TPSA) is 61.1 Å². The van der Waals surface area contributed by atoms with Crippen molar-refractivity contribution in [3.63, 3.8) is 0 Å². The number of halogens is 1. The number of nitrogens with zero attached hydrogens (tertiary/aromatic N) is 1. The molecule has 0 aliphatic rings. The average molecular weight is 352 g/mol. The molecular formula is C16H14ClNO2S2.